The maximum Gasteiger partial charge on any atom is 0.439 e. The summed E-state index contributed by atoms with van der Waals surface area (Å²) >= 11 is 1.26. The smallest absolute Gasteiger partial charge is 0.439 e. The number of carbonyl (C=O) groups is 1. The molecule has 0 unspecified atom stereocenters. The van der Waals surface area contributed by atoms with Gasteiger partial charge in [0.15, 0.2) is 0 Å². The van der Waals surface area contributed by atoms with E-state index >= 15 is 0 Å². The van der Waals surface area contributed by atoms with Gasteiger partial charge in [-0.15, -0.1) is 9.78 Å². The molecule has 8 heteroatoms. The molecule has 2 N–H and O–H groups in total. The van der Waals surface area contributed by atoms with Crippen molar-refractivity contribution in [2.45, 2.75) is 12.1 Å². The molecule has 0 radical (unpaired) electrons. The molecule has 0 atom stereocenters. The molecule has 0 fully saturated rings. The van der Waals surface area contributed by atoms with Crippen molar-refractivity contribution in [2.75, 3.05) is 18.7 Å². The number of rotatable bonds is 2. The van der Waals surface area contributed by atoms with Gasteiger partial charge in [0.1, 0.15) is 0 Å². The number of nitrogens with zero attached hydrogens (tertiary/aromatic N) is 3. The monoisotopic (exact) mass is 218 g/mol. The van der Waals surface area contributed by atoms with Crippen LogP contribution in [0, 0.1) is 0 Å². The molecule has 14 heavy (non-hydrogen) atoms. The Balaban J connectivity index is 3.15. The van der Waals surface area contributed by atoms with Crippen molar-refractivity contribution in [1.82, 2.24) is 14.5 Å². The highest BCUT2D eigenvalue weighted by Crippen LogP contribution is 2.10. The zero-order chi connectivity index (χ0) is 10.7. The van der Waals surface area contributed by atoms with Gasteiger partial charge in [0.05, 0.1) is 7.11 Å². The average Bonchev–Trinajstić information content (AvgIpc) is 2.46. The minimum Gasteiger partial charge on any atom is -0.451 e. The predicted octanol–water partition coefficient (Wildman–Crippen LogP) is -0.515. The Morgan fingerprint density at radius 1 is 1.71 bits per heavy atom. The lowest BCUT2D eigenvalue weighted by atomic mass is 11.0. The number of thioether (sulfide) groups is 1. The highest BCUT2D eigenvalue weighted by Gasteiger charge is 2.16. The fourth-order valence-corrected chi connectivity index (χ4v) is 1.41. The molecule has 7 nitrogen and oxygen atoms in total. The molecule has 1 heterocycles. The molecule has 0 aliphatic heterocycles. The molecule has 0 saturated carbocycles. The van der Waals surface area contributed by atoms with Gasteiger partial charge in [0.2, 0.25) is 5.16 Å². The van der Waals surface area contributed by atoms with Crippen LogP contribution in [0.2, 0.25) is 0 Å². The number of nitrogens with two attached hydrogens (primary N) is 1. The molecule has 0 aliphatic rings. The predicted molar refractivity (Wildman–Crippen MR) is 50.8 cm³/mol. The SMILES string of the molecule is CCSc1nn(C(=O)OC)c(=O)n1N. The van der Waals surface area contributed by atoms with E-state index in [9.17, 15) is 9.59 Å². The van der Waals surface area contributed by atoms with Gasteiger partial charge in [-0.2, -0.15) is 4.68 Å². The number of methoxy groups -OCH3 is 1. The topological polar surface area (TPSA) is 92.1 Å². The van der Waals surface area contributed by atoms with Crippen molar-refractivity contribution in [3.05, 3.63) is 10.5 Å². The molecule has 1 rings (SSSR count). The second-order valence-electron chi connectivity index (χ2n) is 2.25. The van der Waals surface area contributed by atoms with Gasteiger partial charge < -0.3 is 10.6 Å². The Labute approximate surface area is 83.8 Å². The van der Waals surface area contributed by atoms with Gasteiger partial charge in [-0.05, 0) is 5.75 Å². The van der Waals surface area contributed by atoms with Crippen LogP contribution in [0.15, 0.2) is 9.95 Å². The normalized spacial score (nSPS) is 10.1. The second-order valence-corrected chi connectivity index (χ2v) is 3.48. The minimum absolute atomic E-state index is 0.280. The van der Waals surface area contributed by atoms with Crippen LogP contribution in [0.4, 0.5) is 4.79 Å². The molecule has 78 valence electrons. The van der Waals surface area contributed by atoms with E-state index in [-0.39, 0.29) is 5.16 Å². The van der Waals surface area contributed by atoms with Gasteiger partial charge in [-0.25, -0.2) is 9.59 Å². The summed E-state index contributed by atoms with van der Waals surface area (Å²) in [6.45, 7) is 1.88. The summed E-state index contributed by atoms with van der Waals surface area (Å²) in [5.74, 6) is 6.08. The van der Waals surface area contributed by atoms with Crippen LogP contribution in [0.3, 0.4) is 0 Å². The van der Waals surface area contributed by atoms with E-state index in [1.807, 2.05) is 6.92 Å². The first-order chi connectivity index (χ1) is 6.61. The Kier molecular flexibility index (Phi) is 3.18. The maximum atomic E-state index is 11.3. The highest BCUT2D eigenvalue weighted by atomic mass is 32.2. The molecule has 0 saturated heterocycles. The van der Waals surface area contributed by atoms with E-state index in [4.69, 9.17) is 5.84 Å². The fraction of sp³-hybridized carbons (Fsp3) is 0.500. The van der Waals surface area contributed by atoms with Gasteiger partial charge >= 0.3 is 11.8 Å². The van der Waals surface area contributed by atoms with Gasteiger partial charge in [-0.1, -0.05) is 18.7 Å². The maximum absolute atomic E-state index is 11.3. The van der Waals surface area contributed by atoms with E-state index in [1.54, 1.807) is 0 Å². The first kappa shape index (κ1) is 10.6. The van der Waals surface area contributed by atoms with Crippen LogP contribution in [0.25, 0.3) is 0 Å². The van der Waals surface area contributed by atoms with Crippen molar-refractivity contribution in [1.29, 1.82) is 0 Å². The van der Waals surface area contributed by atoms with Crippen molar-refractivity contribution in [2.24, 2.45) is 0 Å². The van der Waals surface area contributed by atoms with E-state index in [1.165, 1.54) is 11.8 Å². The summed E-state index contributed by atoms with van der Waals surface area (Å²) < 4.78 is 5.74. The molecule has 1 aromatic heterocycles. The molecule has 0 spiro atoms. The zero-order valence-corrected chi connectivity index (χ0v) is 8.58. The van der Waals surface area contributed by atoms with Crippen LogP contribution >= 0.6 is 11.8 Å². The largest absolute Gasteiger partial charge is 0.451 e. The third kappa shape index (κ3) is 1.74. The number of nitrogen functional groups attached to an aromatic ring is 1. The van der Waals surface area contributed by atoms with Gasteiger partial charge in [-0.3, -0.25) is 0 Å². The Morgan fingerprint density at radius 2 is 2.36 bits per heavy atom. The van der Waals surface area contributed by atoms with Gasteiger partial charge in [0.25, 0.3) is 0 Å². The number of hydrogen-bond acceptors (Lipinski definition) is 6. The standard InChI is InChI=1S/C6H10N4O3S/c1-3-14-4-8-10(6(12)13-2)5(11)9(4)7/h3,7H2,1-2H3. The lowest BCUT2D eigenvalue weighted by Gasteiger charge is -1.93. The third-order valence-corrected chi connectivity index (χ3v) is 2.23. The van der Waals surface area contributed by atoms with E-state index < -0.39 is 11.8 Å². The first-order valence-corrected chi connectivity index (χ1v) is 4.78. The lowest BCUT2D eigenvalue weighted by molar-refractivity contribution is 0.167. The van der Waals surface area contributed by atoms with Gasteiger partial charge in [0, 0.05) is 0 Å². The fourth-order valence-electron chi connectivity index (χ4n) is 0.793. The van der Waals surface area contributed by atoms with Crippen LogP contribution in [-0.2, 0) is 4.74 Å². The number of hydrogen-bond donors (Lipinski definition) is 1. The van der Waals surface area contributed by atoms with Crippen molar-refractivity contribution < 1.29 is 9.53 Å². The van der Waals surface area contributed by atoms with E-state index in [2.05, 4.69) is 9.84 Å². The lowest BCUT2D eigenvalue weighted by Crippen LogP contribution is -2.33. The summed E-state index contributed by atoms with van der Waals surface area (Å²) in [6.07, 6.45) is -0.850. The highest BCUT2D eigenvalue weighted by molar-refractivity contribution is 7.99. The third-order valence-electron chi connectivity index (χ3n) is 1.40. The van der Waals surface area contributed by atoms with Crippen molar-refractivity contribution in [3.63, 3.8) is 0 Å². The summed E-state index contributed by atoms with van der Waals surface area (Å²) in [6, 6.07) is 0. The minimum atomic E-state index is -0.850. The van der Waals surface area contributed by atoms with Crippen molar-refractivity contribution >= 4 is 17.9 Å². The quantitative estimate of drug-likeness (QED) is 0.530. The summed E-state index contributed by atoms with van der Waals surface area (Å²) in [5.41, 5.74) is -0.715. The Morgan fingerprint density at radius 3 is 2.86 bits per heavy atom. The molecule has 0 bridgehead atoms. The van der Waals surface area contributed by atoms with Crippen LogP contribution in [0.5, 0.6) is 0 Å². The Bertz CT molecular complexity index is 396. The van der Waals surface area contributed by atoms with E-state index in [0.717, 1.165) is 11.8 Å². The molecular formula is C6H10N4O3S. The van der Waals surface area contributed by atoms with E-state index in [0.29, 0.717) is 10.4 Å². The number of aromatic nitrogens is 3. The van der Waals surface area contributed by atoms with Crippen LogP contribution < -0.4 is 11.5 Å². The van der Waals surface area contributed by atoms with Crippen LogP contribution in [-0.4, -0.2) is 33.4 Å². The molecule has 0 aromatic carbocycles. The number of ether oxygens (including phenoxy) is 1. The summed E-state index contributed by atoms with van der Waals surface area (Å²) in [5, 5.41) is 3.98. The average molecular weight is 218 g/mol. The summed E-state index contributed by atoms with van der Waals surface area (Å²) in [7, 11) is 1.16. The molecule has 1 aromatic rings. The van der Waals surface area contributed by atoms with Crippen molar-refractivity contribution in [3.8, 4) is 0 Å². The molecular weight excluding hydrogens is 208 g/mol. The number of carbonyl (C=O) groups excluding carboxylic acids is 1. The molecule has 0 amide bonds. The zero-order valence-electron chi connectivity index (χ0n) is 7.76. The second kappa shape index (κ2) is 4.18. The van der Waals surface area contributed by atoms with Crippen LogP contribution in [0.1, 0.15) is 6.92 Å². The Hall–Kier alpha value is -1.44. The first-order valence-electron chi connectivity index (χ1n) is 3.80. The summed E-state index contributed by atoms with van der Waals surface area (Å²) in [4.78, 5) is 22.3. The molecule has 0 aliphatic carbocycles.